The average Bonchev–Trinajstić information content (AvgIpc) is 3.03. The van der Waals surface area contributed by atoms with E-state index in [1.807, 2.05) is 0 Å². The van der Waals surface area contributed by atoms with Crippen molar-refractivity contribution >= 4 is 5.91 Å². The van der Waals surface area contributed by atoms with Gasteiger partial charge in [0, 0.05) is 19.5 Å². The predicted octanol–water partition coefficient (Wildman–Crippen LogP) is 7.09. The molecule has 4 rings (SSSR count). The lowest BCUT2D eigenvalue weighted by atomic mass is 9.45. The van der Waals surface area contributed by atoms with Gasteiger partial charge in [-0.2, -0.15) is 0 Å². The zero-order chi connectivity index (χ0) is 21.8. The van der Waals surface area contributed by atoms with Gasteiger partial charge < -0.3 is 4.90 Å². The van der Waals surface area contributed by atoms with Gasteiger partial charge in [0.15, 0.2) is 0 Å². The number of fused-ring (bicyclic) bond motifs is 5. The highest BCUT2D eigenvalue weighted by Crippen LogP contribution is 2.68. The maximum Gasteiger partial charge on any atom is 0.222 e. The fourth-order valence-electron chi connectivity index (χ4n) is 9.00. The number of amides is 1. The second-order valence-electron chi connectivity index (χ2n) is 12.7. The molecule has 2 heteroatoms. The van der Waals surface area contributed by atoms with Crippen molar-refractivity contribution in [2.45, 2.75) is 105 Å². The summed E-state index contributed by atoms with van der Waals surface area (Å²) in [5.41, 5.74) is 2.27. The molecule has 1 amide bonds. The number of likely N-dealkylation sites (tertiary alicyclic amines) is 1. The predicted molar refractivity (Wildman–Crippen MR) is 126 cm³/mol. The highest BCUT2D eigenvalue weighted by molar-refractivity contribution is 5.77. The highest BCUT2D eigenvalue weighted by atomic mass is 16.2. The molecule has 0 bridgehead atoms. The van der Waals surface area contributed by atoms with Crippen molar-refractivity contribution in [1.29, 1.82) is 0 Å². The third-order valence-electron chi connectivity index (χ3n) is 10.7. The standard InChI is InChI=1S/C28H47NO/c1-18(2)9-8-10-19(3)21-11-12-22-26-20(4)17-24-28(6,16-14-25(30)29(24)7)23(26)13-15-27(21,22)5/h18-19,21-24,26H,4,8-17H2,1-3,5-7H3/t19?,21?,22?,23?,24?,26?,27-,28-/m1/s1. The molecular weight excluding hydrogens is 366 g/mol. The van der Waals surface area contributed by atoms with Crippen LogP contribution in [0.2, 0.25) is 0 Å². The van der Waals surface area contributed by atoms with Crippen LogP contribution >= 0.6 is 0 Å². The molecule has 0 aromatic heterocycles. The van der Waals surface area contributed by atoms with E-state index in [1.165, 1.54) is 50.5 Å². The Kier molecular flexibility index (Phi) is 5.95. The summed E-state index contributed by atoms with van der Waals surface area (Å²) in [7, 11) is 2.05. The summed E-state index contributed by atoms with van der Waals surface area (Å²) in [6.07, 6.45) is 12.6. The first-order valence-electron chi connectivity index (χ1n) is 13.0. The van der Waals surface area contributed by atoms with Crippen molar-refractivity contribution in [3.05, 3.63) is 12.2 Å². The number of carbonyl (C=O) groups is 1. The molecule has 4 aliphatic rings. The summed E-state index contributed by atoms with van der Waals surface area (Å²) in [6.45, 7) is 17.1. The van der Waals surface area contributed by atoms with Crippen molar-refractivity contribution in [2.24, 2.45) is 46.3 Å². The normalized spacial score (nSPS) is 44.6. The van der Waals surface area contributed by atoms with Crippen molar-refractivity contribution in [1.82, 2.24) is 4.90 Å². The number of nitrogens with zero attached hydrogens (tertiary/aromatic N) is 1. The van der Waals surface area contributed by atoms with Gasteiger partial charge in [-0.05, 0) is 84.9 Å². The Morgan fingerprint density at radius 3 is 2.43 bits per heavy atom. The van der Waals surface area contributed by atoms with Gasteiger partial charge in [-0.25, -0.2) is 0 Å². The second kappa shape index (κ2) is 7.96. The Morgan fingerprint density at radius 1 is 1.03 bits per heavy atom. The molecule has 0 aromatic carbocycles. The van der Waals surface area contributed by atoms with Crippen LogP contribution in [0.5, 0.6) is 0 Å². The van der Waals surface area contributed by atoms with Gasteiger partial charge in [0.25, 0.3) is 0 Å². The van der Waals surface area contributed by atoms with E-state index in [-0.39, 0.29) is 5.41 Å². The van der Waals surface area contributed by atoms with Gasteiger partial charge in [-0.1, -0.05) is 66.0 Å². The molecule has 2 nitrogen and oxygen atoms in total. The lowest BCUT2D eigenvalue weighted by molar-refractivity contribution is -0.152. The van der Waals surface area contributed by atoms with Crippen molar-refractivity contribution in [3.63, 3.8) is 0 Å². The van der Waals surface area contributed by atoms with Gasteiger partial charge in [0.2, 0.25) is 5.91 Å². The van der Waals surface area contributed by atoms with Crippen LogP contribution in [0, 0.1) is 46.3 Å². The molecule has 6 unspecified atom stereocenters. The minimum atomic E-state index is 0.289. The second-order valence-corrected chi connectivity index (χ2v) is 12.7. The minimum absolute atomic E-state index is 0.289. The van der Waals surface area contributed by atoms with E-state index in [0.717, 1.165) is 48.9 Å². The summed E-state index contributed by atoms with van der Waals surface area (Å²) >= 11 is 0. The lowest BCUT2D eigenvalue weighted by Crippen LogP contribution is -2.61. The van der Waals surface area contributed by atoms with Gasteiger partial charge in [0.1, 0.15) is 0 Å². The minimum Gasteiger partial charge on any atom is -0.342 e. The summed E-state index contributed by atoms with van der Waals surface area (Å²) in [5.74, 6) is 5.17. The summed E-state index contributed by atoms with van der Waals surface area (Å²) in [4.78, 5) is 14.5. The van der Waals surface area contributed by atoms with Crippen LogP contribution in [-0.2, 0) is 4.79 Å². The van der Waals surface area contributed by atoms with E-state index < -0.39 is 0 Å². The topological polar surface area (TPSA) is 20.3 Å². The lowest BCUT2D eigenvalue weighted by Gasteiger charge is -2.62. The summed E-state index contributed by atoms with van der Waals surface area (Å²) < 4.78 is 0. The molecule has 4 fully saturated rings. The maximum absolute atomic E-state index is 12.4. The summed E-state index contributed by atoms with van der Waals surface area (Å²) in [6, 6.07) is 0.379. The molecule has 8 atom stereocenters. The molecule has 0 aromatic rings. The van der Waals surface area contributed by atoms with E-state index in [9.17, 15) is 4.79 Å². The van der Waals surface area contributed by atoms with Crippen LogP contribution in [0.1, 0.15) is 98.8 Å². The first-order valence-corrected chi connectivity index (χ1v) is 13.0. The van der Waals surface area contributed by atoms with E-state index in [1.54, 1.807) is 0 Å². The van der Waals surface area contributed by atoms with Crippen molar-refractivity contribution in [3.8, 4) is 0 Å². The monoisotopic (exact) mass is 413 g/mol. The number of carbonyl (C=O) groups excluding carboxylic acids is 1. The third-order valence-corrected chi connectivity index (χ3v) is 10.7. The van der Waals surface area contributed by atoms with Crippen LogP contribution in [0.3, 0.4) is 0 Å². The van der Waals surface area contributed by atoms with E-state index in [2.05, 4.69) is 53.1 Å². The fraction of sp³-hybridized carbons (Fsp3) is 0.893. The van der Waals surface area contributed by atoms with E-state index in [0.29, 0.717) is 23.3 Å². The van der Waals surface area contributed by atoms with Gasteiger partial charge in [-0.3, -0.25) is 4.79 Å². The Morgan fingerprint density at radius 2 is 1.73 bits per heavy atom. The van der Waals surface area contributed by atoms with E-state index in [4.69, 9.17) is 0 Å². The summed E-state index contributed by atoms with van der Waals surface area (Å²) in [5, 5.41) is 0. The molecular formula is C28H47NO. The highest BCUT2D eigenvalue weighted by Gasteiger charge is 2.62. The molecule has 1 saturated heterocycles. The van der Waals surface area contributed by atoms with Gasteiger partial charge in [0.05, 0.1) is 0 Å². The smallest absolute Gasteiger partial charge is 0.222 e. The van der Waals surface area contributed by atoms with Crippen molar-refractivity contribution < 1.29 is 4.79 Å². The molecule has 0 radical (unpaired) electrons. The molecule has 1 aliphatic heterocycles. The first-order chi connectivity index (χ1) is 14.1. The molecule has 1 heterocycles. The maximum atomic E-state index is 12.4. The van der Waals surface area contributed by atoms with Gasteiger partial charge in [-0.15, -0.1) is 0 Å². The molecule has 30 heavy (non-hydrogen) atoms. The van der Waals surface area contributed by atoms with Crippen LogP contribution in [-0.4, -0.2) is 23.9 Å². The molecule has 0 N–H and O–H groups in total. The average molecular weight is 414 g/mol. The zero-order valence-corrected chi connectivity index (χ0v) is 20.7. The Labute approximate surface area is 186 Å². The van der Waals surface area contributed by atoms with Crippen LogP contribution in [0.25, 0.3) is 0 Å². The Balaban J connectivity index is 1.54. The fourth-order valence-corrected chi connectivity index (χ4v) is 9.00. The molecule has 0 spiro atoms. The molecule has 170 valence electrons. The number of hydrogen-bond donors (Lipinski definition) is 0. The zero-order valence-electron chi connectivity index (χ0n) is 20.7. The largest absolute Gasteiger partial charge is 0.342 e. The number of piperidine rings is 1. The molecule has 3 aliphatic carbocycles. The third kappa shape index (κ3) is 3.39. The molecule has 3 saturated carbocycles. The van der Waals surface area contributed by atoms with Crippen LogP contribution < -0.4 is 0 Å². The van der Waals surface area contributed by atoms with Crippen molar-refractivity contribution in [2.75, 3.05) is 7.05 Å². The first kappa shape index (κ1) is 22.4. The van der Waals surface area contributed by atoms with Crippen LogP contribution in [0.4, 0.5) is 0 Å². The Bertz CT molecular complexity index is 682. The number of rotatable bonds is 5. The van der Waals surface area contributed by atoms with Crippen LogP contribution in [0.15, 0.2) is 12.2 Å². The van der Waals surface area contributed by atoms with Gasteiger partial charge >= 0.3 is 0 Å². The Hall–Kier alpha value is -0.790. The quantitative estimate of drug-likeness (QED) is 0.440. The number of hydrogen-bond acceptors (Lipinski definition) is 1. The SMILES string of the molecule is C=C1CC2N(C)C(=O)CC[C@]2(C)C2CC[C@]3(C)C(C(C)CCCC(C)C)CCC3C12. The van der Waals surface area contributed by atoms with E-state index >= 15 is 0 Å².